The summed E-state index contributed by atoms with van der Waals surface area (Å²) in [6.07, 6.45) is 0. The van der Waals surface area contributed by atoms with Gasteiger partial charge in [0.25, 0.3) is 10.1 Å². The Morgan fingerprint density at radius 3 is 2.03 bits per heavy atom. The summed E-state index contributed by atoms with van der Waals surface area (Å²) in [5.41, 5.74) is 7.09. The Morgan fingerprint density at radius 2 is 1.37 bits per heavy atom. The highest BCUT2D eigenvalue weighted by atomic mass is 32.2. The average Bonchev–Trinajstić information content (AvgIpc) is 2.74. The molecule has 8 heteroatoms. The molecule has 4 aromatic rings. The number of para-hydroxylation sites is 1. The molecule has 0 amide bonds. The Morgan fingerprint density at radius 1 is 0.767 bits per heavy atom. The Kier molecular flexibility index (Phi) is 5.18. The maximum atomic E-state index is 11.8. The lowest BCUT2D eigenvalue weighted by Gasteiger charge is -2.09. The number of anilines is 1. The molecule has 150 valence electrons. The van der Waals surface area contributed by atoms with Crippen molar-refractivity contribution in [2.75, 3.05) is 5.73 Å². The van der Waals surface area contributed by atoms with E-state index < -0.39 is 10.1 Å². The fourth-order valence-electron chi connectivity index (χ4n) is 2.96. The molecule has 0 saturated heterocycles. The molecule has 0 saturated carbocycles. The molecule has 4 aromatic carbocycles. The van der Waals surface area contributed by atoms with Crippen LogP contribution in [-0.4, -0.2) is 13.0 Å². The Balaban J connectivity index is 1.65. The largest absolute Gasteiger partial charge is 0.457 e. The smallest absolute Gasteiger partial charge is 0.295 e. The molecular formula is C22H17N3O4S. The number of nitrogens with zero attached hydrogens (tertiary/aromatic N) is 2. The number of ether oxygens (including phenoxy) is 1. The second kappa shape index (κ2) is 7.94. The second-order valence-electron chi connectivity index (χ2n) is 6.44. The van der Waals surface area contributed by atoms with Crippen LogP contribution in [0, 0.1) is 0 Å². The third-order valence-corrected chi connectivity index (χ3v) is 5.29. The molecule has 4 rings (SSSR count). The summed E-state index contributed by atoms with van der Waals surface area (Å²) in [5, 5.41) is 9.01. The van der Waals surface area contributed by atoms with E-state index in [4.69, 9.17) is 10.5 Å². The Labute approximate surface area is 173 Å². The number of rotatable bonds is 5. The summed E-state index contributed by atoms with van der Waals surface area (Å²) in [7, 11) is -4.46. The van der Waals surface area contributed by atoms with Crippen LogP contribution in [0.3, 0.4) is 0 Å². The maximum Gasteiger partial charge on any atom is 0.295 e. The van der Waals surface area contributed by atoms with Gasteiger partial charge in [-0.2, -0.15) is 13.5 Å². The van der Waals surface area contributed by atoms with Crippen LogP contribution in [0.5, 0.6) is 11.5 Å². The molecule has 0 atom stereocenters. The molecule has 0 aromatic heterocycles. The van der Waals surface area contributed by atoms with Gasteiger partial charge in [0.05, 0.1) is 11.4 Å². The fourth-order valence-corrected chi connectivity index (χ4v) is 3.68. The van der Waals surface area contributed by atoms with Crippen molar-refractivity contribution in [1.82, 2.24) is 0 Å². The van der Waals surface area contributed by atoms with E-state index in [9.17, 15) is 13.0 Å². The van der Waals surface area contributed by atoms with E-state index in [1.807, 2.05) is 30.3 Å². The van der Waals surface area contributed by atoms with Gasteiger partial charge >= 0.3 is 0 Å². The summed E-state index contributed by atoms with van der Waals surface area (Å²) in [5.74, 6) is 1.35. The van der Waals surface area contributed by atoms with Gasteiger partial charge in [0, 0.05) is 10.8 Å². The Hall–Kier alpha value is -3.75. The molecule has 0 unspecified atom stereocenters. The molecule has 3 N–H and O–H groups in total. The van der Waals surface area contributed by atoms with Crippen LogP contribution in [-0.2, 0) is 10.1 Å². The van der Waals surface area contributed by atoms with Crippen LogP contribution in [0.1, 0.15) is 0 Å². The van der Waals surface area contributed by atoms with E-state index >= 15 is 0 Å². The van der Waals surface area contributed by atoms with Gasteiger partial charge in [0.15, 0.2) is 0 Å². The number of fused-ring (bicyclic) bond motifs is 1. The van der Waals surface area contributed by atoms with E-state index in [-0.39, 0.29) is 16.3 Å². The van der Waals surface area contributed by atoms with Crippen molar-refractivity contribution in [3.05, 3.63) is 84.9 Å². The molecule has 0 heterocycles. The van der Waals surface area contributed by atoms with Gasteiger partial charge in [-0.1, -0.05) is 42.5 Å². The topological polar surface area (TPSA) is 114 Å². The molecule has 0 bridgehead atoms. The van der Waals surface area contributed by atoms with E-state index in [1.165, 1.54) is 6.07 Å². The molecule has 0 aliphatic heterocycles. The highest BCUT2D eigenvalue weighted by molar-refractivity contribution is 7.86. The van der Waals surface area contributed by atoms with Gasteiger partial charge in [-0.05, 0) is 42.5 Å². The minimum atomic E-state index is -4.46. The molecule has 0 radical (unpaired) electrons. The zero-order chi connectivity index (χ0) is 21.1. The molecule has 7 nitrogen and oxygen atoms in total. The summed E-state index contributed by atoms with van der Waals surface area (Å²) in [6.45, 7) is 0. The summed E-state index contributed by atoms with van der Waals surface area (Å²) in [4.78, 5) is -0.271. The third kappa shape index (κ3) is 4.14. The number of nitrogen functional groups attached to an aromatic ring is 1. The van der Waals surface area contributed by atoms with E-state index in [1.54, 1.807) is 48.5 Å². The van der Waals surface area contributed by atoms with Crippen molar-refractivity contribution < 1.29 is 17.7 Å². The molecule has 0 aliphatic carbocycles. The average molecular weight is 419 g/mol. The SMILES string of the molecule is Nc1c(N=Nc2ccc(Oc3ccccc3)cc2)cc(S(=O)(=O)O)c2ccccc12. The number of hydrogen-bond acceptors (Lipinski definition) is 6. The zero-order valence-corrected chi connectivity index (χ0v) is 16.5. The molecule has 0 fully saturated rings. The molecule has 0 spiro atoms. The number of hydrogen-bond donors (Lipinski definition) is 2. The van der Waals surface area contributed by atoms with Gasteiger partial charge < -0.3 is 10.5 Å². The van der Waals surface area contributed by atoms with Crippen LogP contribution in [0.4, 0.5) is 17.1 Å². The van der Waals surface area contributed by atoms with Crippen LogP contribution >= 0.6 is 0 Å². The lowest BCUT2D eigenvalue weighted by molar-refractivity contribution is 0.482. The highest BCUT2D eigenvalue weighted by Gasteiger charge is 2.18. The van der Waals surface area contributed by atoms with E-state index in [0.29, 0.717) is 28.0 Å². The van der Waals surface area contributed by atoms with Crippen molar-refractivity contribution in [3.63, 3.8) is 0 Å². The normalized spacial score (nSPS) is 11.8. The van der Waals surface area contributed by atoms with Crippen molar-refractivity contribution in [3.8, 4) is 11.5 Å². The first-order valence-electron chi connectivity index (χ1n) is 8.95. The van der Waals surface area contributed by atoms with Crippen LogP contribution < -0.4 is 10.5 Å². The van der Waals surface area contributed by atoms with Crippen LogP contribution in [0.15, 0.2) is 100 Å². The van der Waals surface area contributed by atoms with Crippen molar-refractivity contribution in [2.24, 2.45) is 10.2 Å². The first-order chi connectivity index (χ1) is 14.4. The second-order valence-corrected chi connectivity index (χ2v) is 7.83. The quantitative estimate of drug-likeness (QED) is 0.238. The first kappa shape index (κ1) is 19.6. The Bertz CT molecular complexity index is 1340. The predicted molar refractivity (Wildman–Crippen MR) is 115 cm³/mol. The summed E-state index contributed by atoms with van der Waals surface area (Å²) < 4.78 is 38.9. The van der Waals surface area contributed by atoms with Crippen molar-refractivity contribution >= 4 is 38.0 Å². The third-order valence-electron chi connectivity index (χ3n) is 4.39. The zero-order valence-electron chi connectivity index (χ0n) is 15.6. The maximum absolute atomic E-state index is 11.8. The molecule has 30 heavy (non-hydrogen) atoms. The van der Waals surface area contributed by atoms with Crippen molar-refractivity contribution in [1.29, 1.82) is 0 Å². The van der Waals surface area contributed by atoms with Gasteiger partial charge in [-0.15, -0.1) is 5.11 Å². The number of azo groups is 1. The highest BCUT2D eigenvalue weighted by Crippen LogP contribution is 2.36. The van der Waals surface area contributed by atoms with Crippen molar-refractivity contribution in [2.45, 2.75) is 4.90 Å². The van der Waals surface area contributed by atoms with Crippen LogP contribution in [0.2, 0.25) is 0 Å². The van der Waals surface area contributed by atoms with Gasteiger partial charge in [-0.25, -0.2) is 0 Å². The van der Waals surface area contributed by atoms with E-state index in [0.717, 1.165) is 0 Å². The lowest BCUT2D eigenvalue weighted by Crippen LogP contribution is -2.01. The fraction of sp³-hybridized carbons (Fsp3) is 0. The summed E-state index contributed by atoms with van der Waals surface area (Å²) >= 11 is 0. The number of benzene rings is 4. The predicted octanol–water partition coefficient (Wildman–Crippen LogP) is 5.88. The van der Waals surface area contributed by atoms with Crippen LogP contribution in [0.25, 0.3) is 10.8 Å². The van der Waals surface area contributed by atoms with Gasteiger partial charge in [0.2, 0.25) is 0 Å². The van der Waals surface area contributed by atoms with Gasteiger partial charge in [0.1, 0.15) is 22.1 Å². The molecule has 0 aliphatic rings. The molecular weight excluding hydrogens is 402 g/mol. The summed E-state index contributed by atoms with van der Waals surface area (Å²) in [6, 6.07) is 24.1. The lowest BCUT2D eigenvalue weighted by atomic mass is 10.1. The van der Waals surface area contributed by atoms with E-state index in [2.05, 4.69) is 10.2 Å². The first-order valence-corrected chi connectivity index (χ1v) is 10.4. The van der Waals surface area contributed by atoms with Gasteiger partial charge in [-0.3, -0.25) is 4.55 Å². The standard InChI is InChI=1S/C22H17N3O4S/c23-22-19-9-5-4-8-18(19)21(30(26,27)28)14-20(22)25-24-15-10-12-17(13-11-15)29-16-6-2-1-3-7-16/h1-14H,23H2,(H,26,27,28). The number of nitrogens with two attached hydrogens (primary N) is 1. The minimum absolute atomic E-state index is 0.144. The monoisotopic (exact) mass is 419 g/mol. The minimum Gasteiger partial charge on any atom is -0.457 e.